The standard InChI is InChI=1S/C6H10ClF2NO2S/c1-5-4-10(13(7,11)12)3-2-6(5,8)9/h5H,2-4H2,1H3. The van der Waals surface area contributed by atoms with E-state index in [-0.39, 0.29) is 13.1 Å². The van der Waals surface area contributed by atoms with Crippen LogP contribution >= 0.6 is 10.7 Å². The van der Waals surface area contributed by atoms with Crippen molar-refractivity contribution >= 4 is 19.9 Å². The molecule has 0 saturated carbocycles. The van der Waals surface area contributed by atoms with Gasteiger partial charge in [0.25, 0.3) is 15.2 Å². The van der Waals surface area contributed by atoms with Gasteiger partial charge in [-0.2, -0.15) is 12.7 Å². The first-order valence-corrected chi connectivity index (χ1v) is 6.07. The monoisotopic (exact) mass is 233 g/mol. The highest BCUT2D eigenvalue weighted by atomic mass is 35.7. The normalized spacial score (nSPS) is 30.3. The number of hydrogen-bond acceptors (Lipinski definition) is 2. The first kappa shape index (κ1) is 11.1. The van der Waals surface area contributed by atoms with E-state index < -0.39 is 27.5 Å². The van der Waals surface area contributed by atoms with E-state index in [1.807, 2.05) is 0 Å². The number of hydrogen-bond donors (Lipinski definition) is 0. The summed E-state index contributed by atoms with van der Waals surface area (Å²) in [6.07, 6.45) is -0.458. The first-order valence-electron chi connectivity index (χ1n) is 3.81. The quantitative estimate of drug-likeness (QED) is 0.643. The summed E-state index contributed by atoms with van der Waals surface area (Å²) in [7, 11) is 1.19. The minimum absolute atomic E-state index is 0.205. The molecule has 0 radical (unpaired) electrons. The number of rotatable bonds is 1. The predicted octanol–water partition coefficient (Wildman–Crippen LogP) is 1.45. The van der Waals surface area contributed by atoms with Crippen LogP contribution in [0.25, 0.3) is 0 Å². The lowest BCUT2D eigenvalue weighted by Gasteiger charge is -2.34. The SMILES string of the molecule is CC1CN(S(=O)(=O)Cl)CCC1(F)F. The number of alkyl halides is 2. The van der Waals surface area contributed by atoms with Gasteiger partial charge in [-0.25, -0.2) is 8.78 Å². The fourth-order valence-electron chi connectivity index (χ4n) is 1.25. The Kier molecular flexibility index (Phi) is 2.85. The van der Waals surface area contributed by atoms with E-state index >= 15 is 0 Å². The van der Waals surface area contributed by atoms with Crippen LogP contribution < -0.4 is 0 Å². The van der Waals surface area contributed by atoms with Crippen molar-refractivity contribution in [1.82, 2.24) is 4.31 Å². The summed E-state index contributed by atoms with van der Waals surface area (Å²) in [5, 5.41) is 0. The summed E-state index contributed by atoms with van der Waals surface area (Å²) in [4.78, 5) is 0. The van der Waals surface area contributed by atoms with Crippen LogP contribution in [0.3, 0.4) is 0 Å². The molecule has 1 rings (SSSR count). The lowest BCUT2D eigenvalue weighted by molar-refractivity contribution is -0.0850. The summed E-state index contributed by atoms with van der Waals surface area (Å²) in [5.74, 6) is -3.76. The third-order valence-electron chi connectivity index (χ3n) is 2.20. The summed E-state index contributed by atoms with van der Waals surface area (Å²) in [5.41, 5.74) is 0. The van der Waals surface area contributed by atoms with Crippen molar-refractivity contribution in [2.24, 2.45) is 5.92 Å². The Labute approximate surface area is 80.2 Å². The average molecular weight is 234 g/mol. The summed E-state index contributed by atoms with van der Waals surface area (Å²) < 4.78 is 48.2. The van der Waals surface area contributed by atoms with Gasteiger partial charge >= 0.3 is 0 Å². The molecule has 0 aromatic rings. The zero-order chi connectivity index (χ0) is 10.3. The second-order valence-electron chi connectivity index (χ2n) is 3.21. The van der Waals surface area contributed by atoms with Crippen molar-refractivity contribution in [3.63, 3.8) is 0 Å². The van der Waals surface area contributed by atoms with Gasteiger partial charge in [-0.3, -0.25) is 0 Å². The largest absolute Gasteiger partial charge is 0.299 e. The average Bonchev–Trinajstić information content (AvgIpc) is 1.92. The fourth-order valence-corrected chi connectivity index (χ4v) is 2.34. The van der Waals surface area contributed by atoms with Gasteiger partial charge in [-0.1, -0.05) is 6.92 Å². The van der Waals surface area contributed by atoms with Crippen LogP contribution in [-0.4, -0.2) is 31.7 Å². The van der Waals surface area contributed by atoms with Gasteiger partial charge in [0.1, 0.15) is 0 Å². The summed E-state index contributed by atoms with van der Waals surface area (Å²) >= 11 is 0. The van der Waals surface area contributed by atoms with Crippen molar-refractivity contribution < 1.29 is 17.2 Å². The molecule has 1 saturated heterocycles. The van der Waals surface area contributed by atoms with Crippen molar-refractivity contribution in [3.05, 3.63) is 0 Å². The molecule has 0 N–H and O–H groups in total. The molecule has 1 fully saturated rings. The molecule has 0 spiro atoms. The van der Waals surface area contributed by atoms with E-state index in [1.54, 1.807) is 0 Å². The van der Waals surface area contributed by atoms with E-state index in [9.17, 15) is 17.2 Å². The van der Waals surface area contributed by atoms with E-state index in [0.717, 1.165) is 4.31 Å². The van der Waals surface area contributed by atoms with Gasteiger partial charge in [0.15, 0.2) is 0 Å². The molecule has 13 heavy (non-hydrogen) atoms. The number of nitrogens with zero attached hydrogens (tertiary/aromatic N) is 1. The highest BCUT2D eigenvalue weighted by molar-refractivity contribution is 8.11. The smallest absolute Gasteiger partial charge is 0.206 e. The Morgan fingerprint density at radius 1 is 1.54 bits per heavy atom. The molecular weight excluding hydrogens is 224 g/mol. The van der Waals surface area contributed by atoms with Crippen LogP contribution in [0.15, 0.2) is 0 Å². The van der Waals surface area contributed by atoms with Crippen LogP contribution in [0.5, 0.6) is 0 Å². The zero-order valence-electron chi connectivity index (χ0n) is 7.00. The zero-order valence-corrected chi connectivity index (χ0v) is 8.58. The molecule has 0 aliphatic carbocycles. The minimum Gasteiger partial charge on any atom is -0.206 e. The van der Waals surface area contributed by atoms with Crippen LogP contribution in [0.1, 0.15) is 13.3 Å². The molecule has 1 unspecified atom stereocenters. The van der Waals surface area contributed by atoms with Gasteiger partial charge in [0.05, 0.1) is 0 Å². The van der Waals surface area contributed by atoms with Crippen molar-refractivity contribution in [2.45, 2.75) is 19.3 Å². The predicted molar refractivity (Wildman–Crippen MR) is 45.1 cm³/mol. The molecule has 1 atom stereocenters. The minimum atomic E-state index is -3.84. The van der Waals surface area contributed by atoms with Gasteiger partial charge in [0.2, 0.25) is 0 Å². The van der Waals surface area contributed by atoms with Crippen LogP contribution in [0.2, 0.25) is 0 Å². The van der Waals surface area contributed by atoms with Gasteiger partial charge in [0, 0.05) is 36.1 Å². The van der Waals surface area contributed by atoms with Crippen molar-refractivity contribution in [3.8, 4) is 0 Å². The molecule has 0 aromatic heterocycles. The molecule has 0 amide bonds. The highest BCUT2D eigenvalue weighted by Gasteiger charge is 2.43. The van der Waals surface area contributed by atoms with Crippen molar-refractivity contribution in [1.29, 1.82) is 0 Å². The van der Waals surface area contributed by atoms with Crippen LogP contribution in [0, 0.1) is 5.92 Å². The molecular formula is C6H10ClF2NO2S. The second-order valence-corrected chi connectivity index (χ2v) is 5.72. The Balaban J connectivity index is 2.73. The summed E-state index contributed by atoms with van der Waals surface area (Å²) in [6.45, 7) is 0.899. The Bertz CT molecular complexity index is 293. The van der Waals surface area contributed by atoms with E-state index in [2.05, 4.69) is 0 Å². The fraction of sp³-hybridized carbons (Fsp3) is 1.00. The van der Waals surface area contributed by atoms with E-state index in [1.165, 1.54) is 6.92 Å². The molecule has 7 heteroatoms. The van der Waals surface area contributed by atoms with Crippen molar-refractivity contribution in [2.75, 3.05) is 13.1 Å². The Morgan fingerprint density at radius 2 is 2.08 bits per heavy atom. The molecule has 3 nitrogen and oxygen atoms in total. The Morgan fingerprint density at radius 3 is 2.46 bits per heavy atom. The van der Waals surface area contributed by atoms with Crippen LogP contribution in [0.4, 0.5) is 8.78 Å². The van der Waals surface area contributed by atoms with Gasteiger partial charge < -0.3 is 0 Å². The second kappa shape index (κ2) is 3.33. The van der Waals surface area contributed by atoms with Crippen LogP contribution in [-0.2, 0) is 9.24 Å². The summed E-state index contributed by atoms with van der Waals surface area (Å²) in [6, 6.07) is 0. The third-order valence-corrected chi connectivity index (χ3v) is 3.74. The maximum absolute atomic E-state index is 12.9. The van der Waals surface area contributed by atoms with Gasteiger partial charge in [-0.05, 0) is 0 Å². The molecule has 1 heterocycles. The number of piperidine rings is 1. The lowest BCUT2D eigenvalue weighted by Crippen LogP contribution is -2.46. The topological polar surface area (TPSA) is 37.4 Å². The maximum Gasteiger partial charge on any atom is 0.299 e. The van der Waals surface area contributed by atoms with Gasteiger partial charge in [-0.15, -0.1) is 0 Å². The molecule has 1 aliphatic rings. The molecule has 78 valence electrons. The highest BCUT2D eigenvalue weighted by Crippen LogP contribution is 2.34. The number of halogens is 3. The first-order chi connectivity index (χ1) is 5.73. The van der Waals surface area contributed by atoms with E-state index in [4.69, 9.17) is 10.7 Å². The molecule has 0 bridgehead atoms. The molecule has 0 aromatic carbocycles. The maximum atomic E-state index is 12.9. The Hall–Kier alpha value is 0.0600. The third kappa shape index (κ3) is 2.51. The van der Waals surface area contributed by atoms with E-state index in [0.29, 0.717) is 0 Å². The lowest BCUT2D eigenvalue weighted by atomic mass is 9.97. The molecule has 1 aliphatic heterocycles.